The summed E-state index contributed by atoms with van der Waals surface area (Å²) in [6.07, 6.45) is 5.37. The van der Waals surface area contributed by atoms with Crippen molar-refractivity contribution in [3.8, 4) is 11.1 Å². The minimum absolute atomic E-state index is 0.248. The molecule has 4 aromatic heterocycles. The number of H-pyrrole nitrogens is 1. The first-order valence-electron chi connectivity index (χ1n) is 9.45. The predicted molar refractivity (Wildman–Crippen MR) is 115 cm³/mol. The van der Waals surface area contributed by atoms with Gasteiger partial charge in [0.15, 0.2) is 11.5 Å². The Morgan fingerprint density at radius 3 is 2.97 bits per heavy atom. The molecule has 0 spiro atoms. The van der Waals surface area contributed by atoms with Gasteiger partial charge in [-0.3, -0.25) is 9.20 Å². The van der Waals surface area contributed by atoms with Crippen molar-refractivity contribution in [2.75, 3.05) is 5.32 Å². The van der Waals surface area contributed by atoms with E-state index in [1.807, 2.05) is 18.4 Å². The van der Waals surface area contributed by atoms with Gasteiger partial charge in [0.1, 0.15) is 22.5 Å². The molecule has 0 saturated carbocycles. The van der Waals surface area contributed by atoms with Crippen LogP contribution in [0, 0.1) is 5.82 Å². The number of hydrogen-bond acceptors (Lipinski definition) is 6. The quantitative estimate of drug-likeness (QED) is 0.440. The van der Waals surface area contributed by atoms with E-state index >= 15 is 0 Å². The minimum Gasteiger partial charge on any atom is -0.361 e. The molecule has 4 heterocycles. The van der Waals surface area contributed by atoms with E-state index in [-0.39, 0.29) is 17.2 Å². The van der Waals surface area contributed by atoms with Crippen molar-refractivity contribution in [3.63, 3.8) is 0 Å². The largest absolute Gasteiger partial charge is 0.361 e. The lowest BCUT2D eigenvalue weighted by molar-refractivity contribution is 0.630. The van der Waals surface area contributed by atoms with Crippen LogP contribution < -0.4 is 10.9 Å². The van der Waals surface area contributed by atoms with Crippen LogP contribution in [-0.4, -0.2) is 24.3 Å². The molecule has 0 fully saturated rings. The lowest BCUT2D eigenvalue weighted by atomic mass is 9.94. The highest BCUT2D eigenvalue weighted by molar-refractivity contribution is 7.15. The third-order valence-corrected chi connectivity index (χ3v) is 5.91. The summed E-state index contributed by atoms with van der Waals surface area (Å²) < 4.78 is 16.3. The van der Waals surface area contributed by atoms with E-state index in [2.05, 4.69) is 25.3 Å². The second kappa shape index (κ2) is 7.34. The summed E-state index contributed by atoms with van der Waals surface area (Å²) in [4.78, 5) is 29.9. The Hall–Kier alpha value is -3.59. The average molecular weight is 420 g/mol. The van der Waals surface area contributed by atoms with E-state index in [1.54, 1.807) is 35.1 Å². The van der Waals surface area contributed by atoms with Crippen LogP contribution in [0.1, 0.15) is 24.9 Å². The molecule has 30 heavy (non-hydrogen) atoms. The maximum atomic E-state index is 14.7. The Bertz CT molecular complexity index is 1420. The zero-order valence-corrected chi connectivity index (χ0v) is 16.8. The fraction of sp³-hybridized carbons (Fsp3) is 0.143. The van der Waals surface area contributed by atoms with Crippen molar-refractivity contribution in [1.29, 1.82) is 0 Å². The number of nitrogens with zero attached hydrogens (tertiary/aromatic N) is 4. The zero-order chi connectivity index (χ0) is 20.7. The maximum absolute atomic E-state index is 14.7. The van der Waals surface area contributed by atoms with Crippen LogP contribution in [0.4, 0.5) is 10.2 Å². The highest BCUT2D eigenvalue weighted by Gasteiger charge is 2.23. The molecule has 7 nitrogen and oxygen atoms in total. The van der Waals surface area contributed by atoms with Crippen molar-refractivity contribution >= 4 is 33.1 Å². The highest BCUT2D eigenvalue weighted by atomic mass is 32.1. The summed E-state index contributed by atoms with van der Waals surface area (Å²) in [5.74, 6) is 0.122. The van der Waals surface area contributed by atoms with E-state index in [4.69, 9.17) is 0 Å². The molecule has 5 rings (SSSR count). The van der Waals surface area contributed by atoms with E-state index in [9.17, 15) is 9.18 Å². The van der Waals surface area contributed by atoms with Crippen LogP contribution in [-0.2, 0) is 0 Å². The topological polar surface area (TPSA) is 88.0 Å². The third-order valence-electron chi connectivity index (χ3n) is 5.09. The number of thiazole rings is 1. The number of halogens is 1. The molecule has 5 aromatic rings. The Kier molecular flexibility index (Phi) is 4.51. The first-order chi connectivity index (χ1) is 14.7. The Labute approximate surface area is 174 Å². The number of rotatable bonds is 5. The molecule has 0 aliphatic carbocycles. The number of pyridine rings is 1. The van der Waals surface area contributed by atoms with Crippen LogP contribution in [0.3, 0.4) is 0 Å². The smallest absolute Gasteiger partial charge is 0.264 e. The molecular formula is C21H17FN6OS. The fourth-order valence-corrected chi connectivity index (χ4v) is 4.43. The summed E-state index contributed by atoms with van der Waals surface area (Å²) >= 11 is 1.46. The second-order valence-electron chi connectivity index (χ2n) is 6.80. The molecule has 0 amide bonds. The fourth-order valence-electron chi connectivity index (χ4n) is 3.66. The number of fused-ring (bicyclic) bond motifs is 2. The average Bonchev–Trinajstić information content (AvgIpc) is 3.42. The third kappa shape index (κ3) is 2.94. The normalized spacial score (nSPS) is 12.5. The van der Waals surface area contributed by atoms with Gasteiger partial charge in [0, 0.05) is 17.1 Å². The molecule has 0 aliphatic rings. The van der Waals surface area contributed by atoms with Gasteiger partial charge in [-0.25, -0.2) is 19.3 Å². The van der Waals surface area contributed by atoms with Crippen LogP contribution in [0.15, 0.2) is 59.4 Å². The molecule has 1 atom stereocenters. The summed E-state index contributed by atoms with van der Waals surface area (Å²) in [5.41, 5.74) is 2.32. The molecule has 1 unspecified atom stereocenters. The standard InChI is InChI=1S/C21H17FN6OS/c1-2-15(27-20-18-19(24-10-23-18)25-11-26-20)13-9-16-28(7-8-30-16)21(29)17(13)12-5-3-4-6-14(12)22/h3-11,15H,2H2,1H3,(H2,23,24,25,26,27). The number of imidazole rings is 1. The number of benzene rings is 1. The first-order valence-corrected chi connectivity index (χ1v) is 10.3. The Morgan fingerprint density at radius 1 is 1.27 bits per heavy atom. The lowest BCUT2D eigenvalue weighted by Gasteiger charge is -2.21. The number of hydrogen-bond donors (Lipinski definition) is 2. The number of anilines is 1. The van der Waals surface area contributed by atoms with Gasteiger partial charge in [-0.2, -0.15) is 0 Å². The van der Waals surface area contributed by atoms with Crippen LogP contribution in [0.5, 0.6) is 0 Å². The molecule has 0 aliphatic heterocycles. The van der Waals surface area contributed by atoms with Gasteiger partial charge in [0.25, 0.3) is 5.56 Å². The Morgan fingerprint density at radius 2 is 2.13 bits per heavy atom. The van der Waals surface area contributed by atoms with Gasteiger partial charge in [0.2, 0.25) is 0 Å². The van der Waals surface area contributed by atoms with Crippen molar-refractivity contribution in [1.82, 2.24) is 24.3 Å². The summed E-state index contributed by atoms with van der Waals surface area (Å²) in [7, 11) is 0. The SMILES string of the molecule is CCC(Nc1ncnc2[nH]cnc12)c1cc2sccn2c(=O)c1-c1ccccc1F. The molecule has 0 bridgehead atoms. The van der Waals surface area contributed by atoms with Gasteiger partial charge in [0.05, 0.1) is 17.9 Å². The number of aromatic nitrogens is 5. The molecule has 0 radical (unpaired) electrons. The predicted octanol–water partition coefficient (Wildman–Crippen LogP) is 4.40. The Balaban J connectivity index is 1.72. The van der Waals surface area contributed by atoms with Gasteiger partial charge < -0.3 is 10.3 Å². The first kappa shape index (κ1) is 18.4. The van der Waals surface area contributed by atoms with Gasteiger partial charge >= 0.3 is 0 Å². The van der Waals surface area contributed by atoms with Gasteiger partial charge in [-0.15, -0.1) is 11.3 Å². The van der Waals surface area contributed by atoms with Gasteiger partial charge in [-0.05, 0) is 24.1 Å². The van der Waals surface area contributed by atoms with Crippen molar-refractivity contribution in [3.05, 3.63) is 76.3 Å². The monoisotopic (exact) mass is 420 g/mol. The van der Waals surface area contributed by atoms with Crippen molar-refractivity contribution in [2.24, 2.45) is 0 Å². The van der Waals surface area contributed by atoms with Gasteiger partial charge in [-0.1, -0.05) is 25.1 Å². The van der Waals surface area contributed by atoms with E-state index in [0.717, 1.165) is 10.4 Å². The lowest BCUT2D eigenvalue weighted by Crippen LogP contribution is -2.21. The van der Waals surface area contributed by atoms with Crippen LogP contribution in [0.25, 0.3) is 27.1 Å². The highest BCUT2D eigenvalue weighted by Crippen LogP contribution is 2.33. The molecule has 2 N–H and O–H groups in total. The summed E-state index contributed by atoms with van der Waals surface area (Å²) in [6.45, 7) is 2.00. The zero-order valence-electron chi connectivity index (χ0n) is 16.0. The molecule has 9 heteroatoms. The van der Waals surface area contributed by atoms with Crippen LogP contribution in [0.2, 0.25) is 0 Å². The van der Waals surface area contributed by atoms with E-state index in [0.29, 0.717) is 29.0 Å². The summed E-state index contributed by atoms with van der Waals surface area (Å²) in [6, 6.07) is 8.01. The molecule has 1 aromatic carbocycles. The van der Waals surface area contributed by atoms with E-state index in [1.165, 1.54) is 23.7 Å². The minimum atomic E-state index is -0.433. The maximum Gasteiger partial charge on any atom is 0.264 e. The summed E-state index contributed by atoms with van der Waals surface area (Å²) in [5, 5.41) is 5.23. The van der Waals surface area contributed by atoms with Crippen LogP contribution >= 0.6 is 11.3 Å². The van der Waals surface area contributed by atoms with Crippen molar-refractivity contribution in [2.45, 2.75) is 19.4 Å². The second-order valence-corrected chi connectivity index (χ2v) is 7.72. The molecule has 150 valence electrons. The molecule has 0 saturated heterocycles. The van der Waals surface area contributed by atoms with Crippen molar-refractivity contribution < 1.29 is 4.39 Å². The number of nitrogens with one attached hydrogen (secondary N) is 2. The van der Waals surface area contributed by atoms with E-state index < -0.39 is 5.82 Å². The molecular weight excluding hydrogens is 403 g/mol. The number of aromatic amines is 1.